The van der Waals surface area contributed by atoms with E-state index in [1.807, 2.05) is 0 Å². The largest absolute Gasteiger partial charge is 0.508 e. The fraction of sp³-hybridized carbons (Fsp3) is 0.480. The van der Waals surface area contributed by atoms with Crippen LogP contribution < -0.4 is 0 Å². The molecule has 1 unspecified atom stereocenters. The van der Waals surface area contributed by atoms with Crippen molar-refractivity contribution in [3.63, 3.8) is 0 Å². The van der Waals surface area contributed by atoms with Crippen molar-refractivity contribution in [2.75, 3.05) is 0 Å². The van der Waals surface area contributed by atoms with E-state index in [2.05, 4.69) is 66.7 Å². The molecule has 0 saturated heterocycles. The summed E-state index contributed by atoms with van der Waals surface area (Å²) in [6, 6.07) is 11.2. The predicted molar refractivity (Wildman–Crippen MR) is 116 cm³/mol. The van der Waals surface area contributed by atoms with Gasteiger partial charge in [-0.05, 0) is 52.1 Å². The molecule has 3 heteroatoms. The number of phenols is 1. The molecule has 0 saturated carbocycles. The van der Waals surface area contributed by atoms with Gasteiger partial charge < -0.3 is 10.2 Å². The number of hydrogen-bond donors (Lipinski definition) is 2. The smallest absolute Gasteiger partial charge is 0.335 e. The molecule has 1 atom stereocenters. The third-order valence-electron chi connectivity index (χ3n) is 5.33. The van der Waals surface area contributed by atoms with E-state index in [9.17, 15) is 15.0 Å². The molecule has 0 aromatic heterocycles. The van der Waals surface area contributed by atoms with Crippen LogP contribution in [0.3, 0.4) is 0 Å². The van der Waals surface area contributed by atoms with E-state index in [1.54, 1.807) is 6.07 Å². The molecule has 28 heavy (non-hydrogen) atoms. The number of benzene rings is 2. The second-order valence-electron chi connectivity index (χ2n) is 9.72. The van der Waals surface area contributed by atoms with Crippen LogP contribution in [-0.4, -0.2) is 16.2 Å². The summed E-state index contributed by atoms with van der Waals surface area (Å²) in [5.74, 6) is -0.869. The van der Waals surface area contributed by atoms with Crippen molar-refractivity contribution in [2.45, 2.75) is 78.1 Å². The number of phenolic OH excluding ortho intramolecular Hbond substituents is 1. The monoisotopic (exact) mass is 382 g/mol. The topological polar surface area (TPSA) is 57.5 Å². The molecular formula is C25H34O3. The van der Waals surface area contributed by atoms with Gasteiger partial charge in [0.05, 0.1) is 5.56 Å². The van der Waals surface area contributed by atoms with Crippen LogP contribution in [0, 0.1) is 0 Å². The Hall–Kier alpha value is -2.29. The minimum atomic E-state index is -0.976. The minimum Gasteiger partial charge on any atom is -0.508 e. The molecule has 0 aliphatic rings. The molecular weight excluding hydrogens is 348 g/mol. The average molecular weight is 383 g/mol. The first-order valence-electron chi connectivity index (χ1n) is 10.1. The highest BCUT2D eigenvalue weighted by Gasteiger charge is 2.28. The summed E-state index contributed by atoms with van der Waals surface area (Å²) in [4.78, 5) is 11.5. The molecule has 0 aliphatic heterocycles. The summed E-state index contributed by atoms with van der Waals surface area (Å²) in [5, 5.41) is 20.0. The standard InChI is InChI=1S/C25H34O3/c1-8-9-18(20-14-16(23(27)28)10-13-22(20)26)19-12-11-17(24(2,3)4)15-21(19)25(5,6)7/h10-15,18,26H,8-9H2,1-7H3,(H,27,28). The molecule has 2 N–H and O–H groups in total. The van der Waals surface area contributed by atoms with Crippen LogP contribution in [0.2, 0.25) is 0 Å². The van der Waals surface area contributed by atoms with Crippen molar-refractivity contribution in [2.24, 2.45) is 0 Å². The van der Waals surface area contributed by atoms with Crippen molar-refractivity contribution in [3.05, 3.63) is 64.2 Å². The van der Waals surface area contributed by atoms with Gasteiger partial charge in [0.2, 0.25) is 0 Å². The van der Waals surface area contributed by atoms with Crippen molar-refractivity contribution in [3.8, 4) is 5.75 Å². The fourth-order valence-corrected chi connectivity index (χ4v) is 3.71. The Labute approximate surface area is 169 Å². The summed E-state index contributed by atoms with van der Waals surface area (Å²) < 4.78 is 0. The first kappa shape index (κ1) is 22.0. The molecule has 0 heterocycles. The Morgan fingerprint density at radius 1 is 0.929 bits per heavy atom. The van der Waals surface area contributed by atoms with Crippen molar-refractivity contribution in [1.82, 2.24) is 0 Å². The Bertz CT molecular complexity index is 851. The van der Waals surface area contributed by atoms with Crippen LogP contribution in [0.15, 0.2) is 36.4 Å². The lowest BCUT2D eigenvalue weighted by atomic mass is 9.74. The first-order valence-corrected chi connectivity index (χ1v) is 10.1. The van der Waals surface area contributed by atoms with E-state index in [0.29, 0.717) is 5.56 Å². The molecule has 2 aromatic carbocycles. The molecule has 0 aliphatic carbocycles. The Kier molecular flexibility index (Phi) is 6.27. The van der Waals surface area contributed by atoms with E-state index >= 15 is 0 Å². The van der Waals surface area contributed by atoms with E-state index in [4.69, 9.17) is 0 Å². The summed E-state index contributed by atoms with van der Waals surface area (Å²) >= 11 is 0. The molecule has 2 aromatic rings. The maximum Gasteiger partial charge on any atom is 0.335 e. The quantitative estimate of drug-likeness (QED) is 0.611. The van der Waals surface area contributed by atoms with Crippen LogP contribution in [0.1, 0.15) is 99.8 Å². The zero-order valence-corrected chi connectivity index (χ0v) is 18.3. The van der Waals surface area contributed by atoms with Gasteiger partial charge in [-0.25, -0.2) is 4.79 Å². The summed E-state index contributed by atoms with van der Waals surface area (Å²) in [7, 11) is 0. The Morgan fingerprint density at radius 2 is 1.57 bits per heavy atom. The molecule has 3 nitrogen and oxygen atoms in total. The lowest BCUT2D eigenvalue weighted by Gasteiger charge is -2.31. The third kappa shape index (κ3) is 4.76. The molecule has 0 amide bonds. The lowest BCUT2D eigenvalue weighted by Crippen LogP contribution is -2.20. The molecule has 0 spiro atoms. The number of carboxylic acids is 1. The fourth-order valence-electron chi connectivity index (χ4n) is 3.71. The van der Waals surface area contributed by atoms with E-state index in [1.165, 1.54) is 28.8 Å². The number of hydrogen-bond acceptors (Lipinski definition) is 2. The first-order chi connectivity index (χ1) is 12.9. The van der Waals surface area contributed by atoms with Gasteiger partial charge in [-0.15, -0.1) is 0 Å². The van der Waals surface area contributed by atoms with Gasteiger partial charge in [-0.1, -0.05) is 73.1 Å². The number of rotatable bonds is 5. The second kappa shape index (κ2) is 7.98. The highest BCUT2D eigenvalue weighted by molar-refractivity contribution is 5.88. The maximum absolute atomic E-state index is 11.5. The van der Waals surface area contributed by atoms with Gasteiger partial charge in [0.15, 0.2) is 0 Å². The number of carbonyl (C=O) groups is 1. The van der Waals surface area contributed by atoms with Crippen molar-refractivity contribution < 1.29 is 15.0 Å². The second-order valence-corrected chi connectivity index (χ2v) is 9.72. The van der Waals surface area contributed by atoms with E-state index in [-0.39, 0.29) is 28.1 Å². The predicted octanol–water partition coefficient (Wildman–Crippen LogP) is 6.62. The van der Waals surface area contributed by atoms with Gasteiger partial charge in [-0.2, -0.15) is 0 Å². The van der Waals surface area contributed by atoms with E-state index in [0.717, 1.165) is 12.8 Å². The zero-order valence-electron chi connectivity index (χ0n) is 18.3. The molecule has 0 radical (unpaired) electrons. The van der Waals surface area contributed by atoms with Crippen LogP contribution >= 0.6 is 0 Å². The van der Waals surface area contributed by atoms with Gasteiger partial charge in [0.25, 0.3) is 0 Å². The normalized spacial score (nSPS) is 13.4. The van der Waals surface area contributed by atoms with E-state index < -0.39 is 5.97 Å². The average Bonchev–Trinajstić information content (AvgIpc) is 2.58. The third-order valence-corrected chi connectivity index (χ3v) is 5.33. The number of aromatic carboxylic acids is 1. The van der Waals surface area contributed by atoms with Gasteiger partial charge in [0.1, 0.15) is 5.75 Å². The SMILES string of the molecule is CCCC(c1cc(C(=O)O)ccc1O)c1ccc(C(C)(C)C)cc1C(C)(C)C. The van der Waals surface area contributed by atoms with Gasteiger partial charge in [0, 0.05) is 11.5 Å². The van der Waals surface area contributed by atoms with Gasteiger partial charge >= 0.3 is 5.97 Å². The molecule has 0 fully saturated rings. The van der Waals surface area contributed by atoms with Crippen molar-refractivity contribution in [1.29, 1.82) is 0 Å². The maximum atomic E-state index is 11.5. The van der Waals surface area contributed by atoms with Crippen molar-refractivity contribution >= 4 is 5.97 Å². The Balaban J connectivity index is 2.73. The molecule has 2 rings (SSSR count). The van der Waals surface area contributed by atoms with Crippen LogP contribution in [0.4, 0.5) is 0 Å². The summed E-state index contributed by atoms with van der Waals surface area (Å²) in [6.07, 6.45) is 1.78. The number of aromatic hydroxyl groups is 1. The highest BCUT2D eigenvalue weighted by atomic mass is 16.4. The van der Waals surface area contributed by atoms with Crippen LogP contribution in [0.5, 0.6) is 5.75 Å². The summed E-state index contributed by atoms with van der Waals surface area (Å²) in [5.41, 5.74) is 4.57. The lowest BCUT2D eigenvalue weighted by molar-refractivity contribution is 0.0696. The molecule has 0 bridgehead atoms. The molecule has 152 valence electrons. The zero-order chi connectivity index (χ0) is 21.3. The number of carboxylic acid groups (broad SMARTS) is 1. The van der Waals surface area contributed by atoms with Crippen LogP contribution in [0.25, 0.3) is 0 Å². The van der Waals surface area contributed by atoms with Crippen LogP contribution in [-0.2, 0) is 10.8 Å². The Morgan fingerprint density at radius 3 is 2.07 bits per heavy atom. The summed E-state index contributed by atoms with van der Waals surface area (Å²) in [6.45, 7) is 15.4. The minimum absolute atomic E-state index is 0.0458. The highest BCUT2D eigenvalue weighted by Crippen LogP contribution is 2.41. The van der Waals surface area contributed by atoms with Gasteiger partial charge in [-0.3, -0.25) is 0 Å².